The number of ketones is 1. The summed E-state index contributed by atoms with van der Waals surface area (Å²) in [7, 11) is -3.98. The maximum atomic E-state index is 12.9. The number of amides is 1. The lowest BCUT2D eigenvalue weighted by atomic mass is 10.0. The number of carbonyl (C=O) groups excluding carboxylic acids is 3. The fraction of sp³-hybridized carbons (Fsp3) is 0.0526. The SMILES string of the molecule is O=C(COC(=O)c1ccc2c(c1)S(=O)(=O)c1ccccc1C2=O)Nc1ccon1. The van der Waals surface area contributed by atoms with Crippen LogP contribution in [0.2, 0.25) is 0 Å². The predicted molar refractivity (Wildman–Crippen MR) is 97.2 cm³/mol. The van der Waals surface area contributed by atoms with Gasteiger partial charge in [0.05, 0.1) is 15.4 Å². The Hall–Kier alpha value is -3.79. The van der Waals surface area contributed by atoms with Crippen molar-refractivity contribution in [2.24, 2.45) is 0 Å². The number of nitrogens with zero attached hydrogens (tertiary/aromatic N) is 1. The van der Waals surface area contributed by atoms with Gasteiger partial charge in [0.25, 0.3) is 5.91 Å². The van der Waals surface area contributed by atoms with Gasteiger partial charge in [0, 0.05) is 17.2 Å². The molecule has 0 atom stereocenters. The molecule has 0 bridgehead atoms. The molecule has 0 fully saturated rings. The molecule has 3 aromatic rings. The molecule has 29 heavy (non-hydrogen) atoms. The number of rotatable bonds is 4. The lowest BCUT2D eigenvalue weighted by Gasteiger charge is -2.19. The minimum absolute atomic E-state index is 0.0241. The van der Waals surface area contributed by atoms with Crippen LogP contribution < -0.4 is 5.32 Å². The molecule has 146 valence electrons. The Kier molecular flexibility index (Phi) is 4.47. The van der Waals surface area contributed by atoms with Crippen molar-refractivity contribution in [3.05, 3.63) is 71.5 Å². The molecule has 2 aromatic carbocycles. The van der Waals surface area contributed by atoms with Crippen molar-refractivity contribution in [1.82, 2.24) is 5.16 Å². The number of hydrogen-bond acceptors (Lipinski definition) is 8. The van der Waals surface area contributed by atoms with Crippen molar-refractivity contribution in [2.45, 2.75) is 9.79 Å². The number of nitrogens with one attached hydrogen (secondary N) is 1. The molecular weight excluding hydrogens is 400 g/mol. The second kappa shape index (κ2) is 6.99. The van der Waals surface area contributed by atoms with E-state index in [0.29, 0.717) is 0 Å². The van der Waals surface area contributed by atoms with Crippen LogP contribution in [0.5, 0.6) is 0 Å². The fourth-order valence-electron chi connectivity index (χ4n) is 2.88. The Morgan fingerprint density at radius 2 is 1.79 bits per heavy atom. The summed E-state index contributed by atoms with van der Waals surface area (Å²) < 4.78 is 35.2. The number of ether oxygens (including phenoxy) is 1. The maximum Gasteiger partial charge on any atom is 0.338 e. The van der Waals surface area contributed by atoms with Crippen molar-refractivity contribution in [3.8, 4) is 0 Å². The summed E-state index contributed by atoms with van der Waals surface area (Å²) in [6, 6.07) is 10.9. The number of fused-ring (bicyclic) bond motifs is 2. The van der Waals surface area contributed by atoms with Crippen LogP contribution in [0.25, 0.3) is 0 Å². The van der Waals surface area contributed by atoms with E-state index in [1.165, 1.54) is 42.7 Å². The maximum absolute atomic E-state index is 12.9. The Bertz CT molecular complexity index is 1250. The summed E-state index contributed by atoms with van der Waals surface area (Å²) in [5.74, 6) is -1.85. The van der Waals surface area contributed by atoms with E-state index in [9.17, 15) is 22.8 Å². The van der Waals surface area contributed by atoms with E-state index >= 15 is 0 Å². The van der Waals surface area contributed by atoms with Crippen molar-refractivity contribution in [1.29, 1.82) is 0 Å². The zero-order valence-corrected chi connectivity index (χ0v) is 15.4. The van der Waals surface area contributed by atoms with Crippen LogP contribution >= 0.6 is 0 Å². The van der Waals surface area contributed by atoms with Gasteiger partial charge in [0.2, 0.25) is 9.84 Å². The molecular formula is C19H12N2O7S. The first-order valence-corrected chi connectivity index (χ1v) is 9.76. The Balaban J connectivity index is 1.56. The molecule has 0 spiro atoms. The highest BCUT2D eigenvalue weighted by molar-refractivity contribution is 7.91. The van der Waals surface area contributed by atoms with E-state index in [0.717, 1.165) is 6.07 Å². The topological polar surface area (TPSA) is 133 Å². The molecule has 0 saturated carbocycles. The van der Waals surface area contributed by atoms with E-state index in [1.807, 2.05) is 0 Å². The highest BCUT2D eigenvalue weighted by Gasteiger charge is 2.35. The number of hydrogen-bond donors (Lipinski definition) is 1. The van der Waals surface area contributed by atoms with Crippen LogP contribution in [0.15, 0.2) is 69.1 Å². The number of esters is 1. The number of aromatic nitrogens is 1. The molecule has 1 aliphatic heterocycles. The highest BCUT2D eigenvalue weighted by Crippen LogP contribution is 2.34. The Morgan fingerprint density at radius 1 is 1.03 bits per heavy atom. The van der Waals surface area contributed by atoms with Crippen LogP contribution in [0, 0.1) is 0 Å². The van der Waals surface area contributed by atoms with Crippen LogP contribution in [0.1, 0.15) is 26.3 Å². The third kappa shape index (κ3) is 3.29. The van der Waals surface area contributed by atoms with Crippen LogP contribution in [0.4, 0.5) is 5.82 Å². The first-order chi connectivity index (χ1) is 13.9. The smallest absolute Gasteiger partial charge is 0.338 e. The molecule has 4 rings (SSSR count). The summed E-state index contributed by atoms with van der Waals surface area (Å²) >= 11 is 0. The molecule has 1 aliphatic rings. The average molecular weight is 412 g/mol. The third-order valence-corrected chi connectivity index (χ3v) is 6.06. The normalized spacial score (nSPS) is 13.9. The van der Waals surface area contributed by atoms with Gasteiger partial charge in [0.1, 0.15) is 6.26 Å². The Morgan fingerprint density at radius 3 is 2.55 bits per heavy atom. The van der Waals surface area contributed by atoms with Gasteiger partial charge >= 0.3 is 5.97 Å². The second-order valence-corrected chi connectivity index (χ2v) is 7.94. The monoisotopic (exact) mass is 412 g/mol. The summed E-state index contributed by atoms with van der Waals surface area (Å²) in [6.45, 7) is -0.614. The van der Waals surface area contributed by atoms with Crippen molar-refractivity contribution in [2.75, 3.05) is 11.9 Å². The fourth-order valence-corrected chi connectivity index (χ4v) is 4.56. The van der Waals surface area contributed by atoms with E-state index in [4.69, 9.17) is 4.74 Å². The van der Waals surface area contributed by atoms with Crippen LogP contribution in [0.3, 0.4) is 0 Å². The molecule has 0 saturated heterocycles. The van der Waals surface area contributed by atoms with E-state index < -0.39 is 34.1 Å². The lowest BCUT2D eigenvalue weighted by Crippen LogP contribution is -2.23. The Labute approximate surface area is 164 Å². The molecule has 1 aromatic heterocycles. The molecule has 0 radical (unpaired) electrons. The molecule has 9 nitrogen and oxygen atoms in total. The largest absolute Gasteiger partial charge is 0.452 e. The first-order valence-electron chi connectivity index (χ1n) is 8.28. The molecule has 1 amide bonds. The minimum atomic E-state index is -3.98. The average Bonchev–Trinajstić information content (AvgIpc) is 3.23. The quantitative estimate of drug-likeness (QED) is 0.502. The van der Waals surface area contributed by atoms with E-state index in [-0.39, 0.29) is 32.3 Å². The molecule has 2 heterocycles. The van der Waals surface area contributed by atoms with E-state index in [1.54, 1.807) is 6.07 Å². The van der Waals surface area contributed by atoms with Crippen LogP contribution in [-0.4, -0.2) is 37.8 Å². The summed E-state index contributed by atoms with van der Waals surface area (Å²) in [4.78, 5) is 36.2. The predicted octanol–water partition coefficient (Wildman–Crippen LogP) is 1.85. The van der Waals surface area contributed by atoms with Gasteiger partial charge in [-0.15, -0.1) is 0 Å². The van der Waals surface area contributed by atoms with Gasteiger partial charge in [-0.05, 0) is 30.3 Å². The number of benzene rings is 2. The van der Waals surface area contributed by atoms with Crippen molar-refractivity contribution >= 4 is 33.3 Å². The third-order valence-electron chi connectivity index (χ3n) is 4.21. The lowest BCUT2D eigenvalue weighted by molar-refractivity contribution is -0.119. The van der Waals surface area contributed by atoms with Gasteiger partial charge in [0.15, 0.2) is 18.2 Å². The summed E-state index contributed by atoms with van der Waals surface area (Å²) in [5.41, 5.74) is -0.0439. The number of anilines is 1. The van der Waals surface area contributed by atoms with E-state index in [2.05, 4.69) is 15.0 Å². The minimum Gasteiger partial charge on any atom is -0.452 e. The summed E-state index contributed by atoms with van der Waals surface area (Å²) in [5, 5.41) is 5.83. The van der Waals surface area contributed by atoms with Crippen molar-refractivity contribution in [3.63, 3.8) is 0 Å². The highest BCUT2D eigenvalue weighted by atomic mass is 32.2. The number of sulfone groups is 1. The summed E-state index contributed by atoms with van der Waals surface area (Å²) in [6.07, 6.45) is 1.26. The molecule has 10 heteroatoms. The molecule has 0 unspecified atom stereocenters. The standard InChI is InChI=1S/C19H12N2O7S/c22-17(20-16-7-8-28-21-16)10-27-19(24)11-5-6-13-15(9-11)29(25,26)14-4-2-1-3-12(14)18(13)23/h1-9H,10H2,(H,20,21,22). The second-order valence-electron chi connectivity index (χ2n) is 6.05. The first kappa shape index (κ1) is 18.6. The zero-order chi connectivity index (χ0) is 20.6. The van der Waals surface area contributed by atoms with Gasteiger partial charge in [-0.3, -0.25) is 9.59 Å². The van der Waals surface area contributed by atoms with Gasteiger partial charge in [-0.2, -0.15) is 0 Å². The van der Waals surface area contributed by atoms with Crippen LogP contribution in [-0.2, 0) is 19.4 Å². The zero-order valence-electron chi connectivity index (χ0n) is 14.6. The number of carbonyl (C=O) groups is 3. The van der Waals surface area contributed by atoms with Gasteiger partial charge < -0.3 is 14.6 Å². The van der Waals surface area contributed by atoms with Gasteiger partial charge in [-0.25, -0.2) is 13.2 Å². The van der Waals surface area contributed by atoms with Gasteiger partial charge in [-0.1, -0.05) is 17.3 Å². The van der Waals surface area contributed by atoms with Crippen molar-refractivity contribution < 1.29 is 32.1 Å². The molecule has 0 aliphatic carbocycles. The molecule has 1 N–H and O–H groups in total.